The van der Waals surface area contributed by atoms with Crippen LogP contribution in [0.4, 0.5) is 13.2 Å². The molecule has 1 aromatic carbocycles. The number of sulfonamides is 1. The number of nitrogens with zero attached hydrogens (tertiary/aromatic N) is 2. The van der Waals surface area contributed by atoms with Gasteiger partial charge in [0.05, 0.1) is 18.0 Å². The van der Waals surface area contributed by atoms with Crippen LogP contribution in [-0.4, -0.2) is 42.2 Å². The molecule has 0 atom stereocenters. The molecule has 0 aliphatic rings. The van der Waals surface area contributed by atoms with Crippen molar-refractivity contribution in [2.45, 2.75) is 51.7 Å². The molecule has 182 valence electrons. The summed E-state index contributed by atoms with van der Waals surface area (Å²) in [6.45, 7) is 1.48. The molecule has 2 aromatic rings. The van der Waals surface area contributed by atoms with Gasteiger partial charge in [-0.25, -0.2) is 18.1 Å². The number of nitrogens with one attached hydrogen (secondary N) is 1. The Bertz CT molecular complexity index is 1120. The molecule has 1 aromatic heterocycles. The number of halogens is 4. The topological polar surface area (TPSA) is 98.1 Å². The summed E-state index contributed by atoms with van der Waals surface area (Å²) in [5.74, 6) is -0.597. The van der Waals surface area contributed by atoms with Gasteiger partial charge in [-0.05, 0) is 25.0 Å². The van der Waals surface area contributed by atoms with Gasteiger partial charge in [-0.3, -0.25) is 14.2 Å². The van der Waals surface area contributed by atoms with Crippen molar-refractivity contribution in [1.82, 2.24) is 14.3 Å². The number of aryl methyl sites for hydroxylation is 1. The number of hydrogen-bond donors (Lipinski definition) is 1. The van der Waals surface area contributed by atoms with Gasteiger partial charge in [0.1, 0.15) is 5.82 Å². The summed E-state index contributed by atoms with van der Waals surface area (Å²) in [5.41, 5.74) is 0.241. The van der Waals surface area contributed by atoms with E-state index in [9.17, 15) is 31.2 Å². The first-order chi connectivity index (χ1) is 15.4. The quantitative estimate of drug-likeness (QED) is 0.472. The summed E-state index contributed by atoms with van der Waals surface area (Å²) in [6.07, 6.45) is -5.90. The van der Waals surface area contributed by atoms with E-state index in [0.29, 0.717) is 10.6 Å². The van der Waals surface area contributed by atoms with Crippen molar-refractivity contribution >= 4 is 27.4 Å². The molecule has 0 bridgehead atoms. The van der Waals surface area contributed by atoms with Crippen molar-refractivity contribution in [1.29, 1.82) is 0 Å². The Hall–Kier alpha value is -2.24. The third-order valence-electron chi connectivity index (χ3n) is 4.66. The molecule has 2 rings (SSSR count). The van der Waals surface area contributed by atoms with E-state index in [4.69, 9.17) is 11.6 Å². The lowest BCUT2D eigenvalue weighted by molar-refractivity contribution is -0.135. The maximum absolute atomic E-state index is 12.7. The Morgan fingerprint density at radius 2 is 1.85 bits per heavy atom. The van der Waals surface area contributed by atoms with Gasteiger partial charge in [-0.1, -0.05) is 30.7 Å². The number of alkyl halides is 3. The fourth-order valence-corrected chi connectivity index (χ4v) is 4.37. The lowest BCUT2D eigenvalue weighted by Crippen LogP contribution is -2.29. The molecule has 0 saturated carbocycles. The van der Waals surface area contributed by atoms with Gasteiger partial charge in [0, 0.05) is 42.5 Å². The Kier molecular flexibility index (Phi) is 9.62. The van der Waals surface area contributed by atoms with Gasteiger partial charge in [0.25, 0.3) is 5.56 Å². The van der Waals surface area contributed by atoms with Crippen molar-refractivity contribution in [3.8, 4) is 11.3 Å². The highest BCUT2D eigenvalue weighted by atomic mass is 35.5. The smallest absolute Gasteiger partial charge is 0.298 e. The monoisotopic (exact) mass is 507 g/mol. The Morgan fingerprint density at radius 1 is 1.18 bits per heavy atom. The molecule has 7 nitrogen and oxygen atoms in total. The van der Waals surface area contributed by atoms with Gasteiger partial charge in [0.2, 0.25) is 10.0 Å². The second-order valence-electron chi connectivity index (χ2n) is 7.42. The average molecular weight is 508 g/mol. The van der Waals surface area contributed by atoms with E-state index in [2.05, 4.69) is 9.71 Å². The summed E-state index contributed by atoms with van der Waals surface area (Å²) < 4.78 is 64.6. The van der Waals surface area contributed by atoms with Crippen molar-refractivity contribution < 1.29 is 26.4 Å². The first-order valence-corrected chi connectivity index (χ1v) is 12.4. The number of Topliss-reactive ketones (excluding diaryl/α,β-unsaturated/α-hetero) is 1. The van der Waals surface area contributed by atoms with Crippen molar-refractivity contribution in [3.63, 3.8) is 0 Å². The van der Waals surface area contributed by atoms with E-state index in [1.165, 1.54) is 6.07 Å². The molecule has 1 heterocycles. The average Bonchev–Trinajstić information content (AvgIpc) is 2.69. The highest BCUT2D eigenvalue weighted by Gasteiger charge is 2.26. The van der Waals surface area contributed by atoms with Crippen LogP contribution < -0.4 is 10.3 Å². The van der Waals surface area contributed by atoms with E-state index in [1.807, 2.05) is 0 Å². The first-order valence-electron chi connectivity index (χ1n) is 10.3. The zero-order valence-corrected chi connectivity index (χ0v) is 19.6. The van der Waals surface area contributed by atoms with Gasteiger partial charge < -0.3 is 0 Å². The minimum atomic E-state index is -4.35. The molecule has 1 N–H and O–H groups in total. The molecule has 0 amide bonds. The fourth-order valence-electron chi connectivity index (χ4n) is 3.14. The lowest BCUT2D eigenvalue weighted by atomic mass is 10.1. The van der Waals surface area contributed by atoms with Crippen LogP contribution in [0.15, 0.2) is 35.1 Å². The molecule has 0 saturated heterocycles. The van der Waals surface area contributed by atoms with Gasteiger partial charge >= 0.3 is 6.18 Å². The molecular formula is C21H25ClF3N3O4S. The van der Waals surface area contributed by atoms with Crippen LogP contribution >= 0.6 is 11.6 Å². The third-order valence-corrected chi connectivity index (χ3v) is 6.46. The highest BCUT2D eigenvalue weighted by molar-refractivity contribution is 7.89. The molecule has 0 aliphatic heterocycles. The number of ketones is 1. The second kappa shape index (κ2) is 11.8. The van der Waals surface area contributed by atoms with Crippen LogP contribution in [0.5, 0.6) is 0 Å². The van der Waals surface area contributed by atoms with Crippen LogP contribution in [-0.2, 0) is 27.8 Å². The Morgan fingerprint density at radius 3 is 2.45 bits per heavy atom. The molecule has 12 heteroatoms. The number of rotatable bonds is 12. The summed E-state index contributed by atoms with van der Waals surface area (Å²) in [5, 5.41) is 0.472. The molecule has 33 heavy (non-hydrogen) atoms. The number of hydrogen-bond acceptors (Lipinski definition) is 5. The highest BCUT2D eigenvalue weighted by Crippen LogP contribution is 2.23. The van der Waals surface area contributed by atoms with E-state index < -0.39 is 40.5 Å². The van der Waals surface area contributed by atoms with Crippen LogP contribution in [0.1, 0.15) is 38.4 Å². The molecule has 0 fully saturated rings. The minimum absolute atomic E-state index is 0.0581. The maximum atomic E-state index is 12.7. The maximum Gasteiger partial charge on any atom is 0.389 e. The first kappa shape index (κ1) is 27.0. The zero-order valence-electron chi connectivity index (χ0n) is 18.0. The molecular weight excluding hydrogens is 483 g/mol. The van der Waals surface area contributed by atoms with Crippen LogP contribution in [0.2, 0.25) is 5.02 Å². The number of aromatic nitrogens is 2. The van der Waals surface area contributed by atoms with Gasteiger partial charge in [-0.2, -0.15) is 13.2 Å². The van der Waals surface area contributed by atoms with Gasteiger partial charge in [-0.15, -0.1) is 0 Å². The van der Waals surface area contributed by atoms with E-state index in [0.717, 1.165) is 4.57 Å². The number of benzene rings is 1. The Labute approximate surface area is 195 Å². The summed E-state index contributed by atoms with van der Waals surface area (Å²) in [6, 6.07) is 7.66. The predicted molar refractivity (Wildman–Crippen MR) is 120 cm³/mol. The van der Waals surface area contributed by atoms with E-state index in [1.54, 1.807) is 31.2 Å². The van der Waals surface area contributed by atoms with Crippen molar-refractivity contribution in [2.24, 2.45) is 0 Å². The molecule has 0 radical (unpaired) electrons. The van der Waals surface area contributed by atoms with Crippen LogP contribution in [0.25, 0.3) is 11.3 Å². The largest absolute Gasteiger partial charge is 0.389 e. The second-order valence-corrected chi connectivity index (χ2v) is 9.78. The van der Waals surface area contributed by atoms with E-state index >= 15 is 0 Å². The van der Waals surface area contributed by atoms with Crippen LogP contribution in [0.3, 0.4) is 0 Å². The van der Waals surface area contributed by atoms with Gasteiger partial charge in [0.15, 0.2) is 5.78 Å². The fraction of sp³-hybridized carbons (Fsp3) is 0.476. The van der Waals surface area contributed by atoms with Crippen molar-refractivity contribution in [2.75, 3.05) is 12.3 Å². The summed E-state index contributed by atoms with van der Waals surface area (Å²) in [7, 11) is -3.48. The normalized spacial score (nSPS) is 12.2. The number of carbonyl (C=O) groups is 1. The Balaban J connectivity index is 2.22. The lowest BCUT2D eigenvalue weighted by Gasteiger charge is -2.14. The molecule has 0 spiro atoms. The SMILES string of the molecule is CCNS(=O)(=O)CCCC(=O)Cn1c(CCCC(F)(F)F)nc(-c2ccc(Cl)cc2)cc1=O. The molecule has 0 unspecified atom stereocenters. The predicted octanol–water partition coefficient (Wildman–Crippen LogP) is 3.74. The standard InChI is InChI=1S/C21H25ClF3N3O4S/c1-2-26-33(31,32)12-4-5-17(29)14-28-19(6-3-11-21(23,24)25)27-18(13-20(28)30)15-7-9-16(22)10-8-15/h7-10,13,26H,2-6,11-12,14H2,1H3. The molecule has 0 aliphatic carbocycles. The number of carbonyl (C=O) groups excluding carboxylic acids is 1. The zero-order chi connectivity index (χ0) is 24.6. The summed E-state index contributed by atoms with van der Waals surface area (Å²) in [4.78, 5) is 29.5. The van der Waals surface area contributed by atoms with E-state index in [-0.39, 0.29) is 49.5 Å². The van der Waals surface area contributed by atoms with Crippen molar-refractivity contribution in [3.05, 3.63) is 51.5 Å². The van der Waals surface area contributed by atoms with Crippen LogP contribution in [0, 0.1) is 0 Å². The third kappa shape index (κ3) is 9.26. The minimum Gasteiger partial charge on any atom is -0.298 e. The summed E-state index contributed by atoms with van der Waals surface area (Å²) >= 11 is 5.87.